The number of hydrogen-bond donors (Lipinski definition) is 1. The summed E-state index contributed by atoms with van der Waals surface area (Å²) in [6.07, 6.45) is 3.20. The first kappa shape index (κ1) is 18.2. The Morgan fingerprint density at radius 3 is 2.71 bits per heavy atom. The Hall–Kier alpha value is -3.16. The quantitative estimate of drug-likeness (QED) is 0.730. The predicted molar refractivity (Wildman–Crippen MR) is 103 cm³/mol. The van der Waals surface area contributed by atoms with Gasteiger partial charge in [0.25, 0.3) is 11.5 Å². The molecule has 0 atom stereocenters. The van der Waals surface area contributed by atoms with Crippen LogP contribution in [0, 0.1) is 6.92 Å². The summed E-state index contributed by atoms with van der Waals surface area (Å²) < 4.78 is 7.11. The lowest BCUT2D eigenvalue weighted by Crippen LogP contribution is -2.36. The molecule has 1 N–H and O–H groups in total. The maximum absolute atomic E-state index is 13.1. The molecule has 0 saturated heterocycles. The lowest BCUT2D eigenvalue weighted by molar-refractivity contribution is 0.0675. The highest BCUT2D eigenvalue weighted by Gasteiger charge is 2.28. The van der Waals surface area contributed by atoms with Gasteiger partial charge in [-0.3, -0.25) is 19.1 Å². The van der Waals surface area contributed by atoms with Gasteiger partial charge in [-0.1, -0.05) is 0 Å². The van der Waals surface area contributed by atoms with Gasteiger partial charge < -0.3 is 9.32 Å². The summed E-state index contributed by atoms with van der Waals surface area (Å²) in [6, 6.07) is 5.20. The zero-order chi connectivity index (χ0) is 20.0. The topological polar surface area (TPSA) is 101 Å². The molecule has 0 aromatic carbocycles. The van der Waals surface area contributed by atoms with Crippen LogP contribution in [-0.2, 0) is 6.54 Å². The molecule has 1 aliphatic carbocycles. The van der Waals surface area contributed by atoms with E-state index in [1.807, 2.05) is 32.9 Å². The van der Waals surface area contributed by atoms with Crippen molar-refractivity contribution in [1.29, 1.82) is 0 Å². The van der Waals surface area contributed by atoms with Gasteiger partial charge in [0.15, 0.2) is 0 Å². The fourth-order valence-corrected chi connectivity index (χ4v) is 3.32. The largest absolute Gasteiger partial charge is 0.464 e. The minimum absolute atomic E-state index is 0.0651. The molecule has 146 valence electrons. The Bertz CT molecular complexity index is 1170. The molecule has 3 aromatic heterocycles. The Balaban J connectivity index is 1.73. The molecule has 4 rings (SSSR count). The van der Waals surface area contributed by atoms with E-state index in [4.69, 9.17) is 4.42 Å². The number of carbonyl (C=O) groups is 1. The first-order valence-corrected chi connectivity index (χ1v) is 9.36. The number of furan rings is 1. The second-order valence-electron chi connectivity index (χ2n) is 7.49. The summed E-state index contributed by atoms with van der Waals surface area (Å²) in [5.74, 6) is 1.22. The number of aromatic nitrogens is 3. The second kappa shape index (κ2) is 6.78. The second-order valence-corrected chi connectivity index (χ2v) is 7.49. The zero-order valence-electron chi connectivity index (χ0n) is 16.1. The maximum Gasteiger partial charge on any atom is 0.330 e. The smallest absolute Gasteiger partial charge is 0.330 e. The third-order valence-corrected chi connectivity index (χ3v) is 4.94. The Morgan fingerprint density at radius 1 is 1.36 bits per heavy atom. The van der Waals surface area contributed by atoms with Crippen LogP contribution in [0.25, 0.3) is 11.0 Å². The minimum Gasteiger partial charge on any atom is -0.464 e. The third kappa shape index (κ3) is 3.26. The number of amides is 1. The molecular formula is C20H22N4O4. The summed E-state index contributed by atoms with van der Waals surface area (Å²) in [5, 5.41) is 0.245. The Kier molecular flexibility index (Phi) is 4.41. The van der Waals surface area contributed by atoms with E-state index in [1.165, 1.54) is 16.8 Å². The summed E-state index contributed by atoms with van der Waals surface area (Å²) in [6.45, 7) is 6.00. The summed E-state index contributed by atoms with van der Waals surface area (Å²) in [7, 11) is 0. The normalized spacial score (nSPS) is 14.0. The van der Waals surface area contributed by atoms with Crippen LogP contribution in [0.2, 0.25) is 0 Å². The van der Waals surface area contributed by atoms with Gasteiger partial charge in [-0.2, -0.15) is 0 Å². The number of aromatic amines is 1. The van der Waals surface area contributed by atoms with Crippen LogP contribution in [0.3, 0.4) is 0 Å². The summed E-state index contributed by atoms with van der Waals surface area (Å²) in [5.41, 5.74) is -0.359. The number of nitrogens with zero attached hydrogens (tertiary/aromatic N) is 3. The number of H-pyrrole nitrogens is 1. The molecule has 1 amide bonds. The lowest BCUT2D eigenvalue weighted by atomic mass is 10.1. The van der Waals surface area contributed by atoms with Crippen LogP contribution in [0.1, 0.15) is 54.6 Å². The molecule has 28 heavy (non-hydrogen) atoms. The van der Waals surface area contributed by atoms with Crippen LogP contribution >= 0.6 is 0 Å². The van der Waals surface area contributed by atoms with Crippen molar-refractivity contribution in [2.45, 2.75) is 52.2 Å². The first-order chi connectivity index (χ1) is 13.3. The van der Waals surface area contributed by atoms with Crippen molar-refractivity contribution >= 4 is 16.9 Å². The monoisotopic (exact) mass is 382 g/mol. The van der Waals surface area contributed by atoms with E-state index in [0.29, 0.717) is 23.5 Å². The SMILES string of the molecule is Cc1ccc(CN(C(=O)c2cnc3c(c2)c(=O)[nH]c(=O)n3C2CC2)C(C)C)o1. The molecule has 0 aliphatic heterocycles. The van der Waals surface area contributed by atoms with E-state index in [9.17, 15) is 14.4 Å². The lowest BCUT2D eigenvalue weighted by Gasteiger charge is -2.26. The van der Waals surface area contributed by atoms with Gasteiger partial charge in [0.1, 0.15) is 17.2 Å². The molecule has 8 heteroatoms. The highest BCUT2D eigenvalue weighted by atomic mass is 16.3. The van der Waals surface area contributed by atoms with Gasteiger partial charge in [0.05, 0.1) is 17.5 Å². The summed E-state index contributed by atoms with van der Waals surface area (Å²) in [4.78, 5) is 45.9. The molecule has 1 fully saturated rings. The molecule has 0 unspecified atom stereocenters. The van der Waals surface area contributed by atoms with Crippen molar-refractivity contribution < 1.29 is 9.21 Å². The third-order valence-electron chi connectivity index (χ3n) is 4.94. The molecule has 3 aromatic rings. The Labute approximate surface area is 160 Å². The van der Waals surface area contributed by atoms with E-state index < -0.39 is 11.2 Å². The van der Waals surface area contributed by atoms with Crippen molar-refractivity contribution in [2.24, 2.45) is 0 Å². The van der Waals surface area contributed by atoms with Gasteiger partial charge in [0, 0.05) is 18.3 Å². The number of nitrogens with one attached hydrogen (secondary N) is 1. The fourth-order valence-electron chi connectivity index (χ4n) is 3.32. The molecule has 1 aliphatic rings. The first-order valence-electron chi connectivity index (χ1n) is 9.36. The van der Waals surface area contributed by atoms with Crippen LogP contribution in [0.15, 0.2) is 38.4 Å². The molecule has 1 saturated carbocycles. The minimum atomic E-state index is -0.531. The number of aryl methyl sites for hydroxylation is 1. The van der Waals surface area contributed by atoms with E-state index in [0.717, 1.165) is 18.6 Å². The van der Waals surface area contributed by atoms with Crippen molar-refractivity contribution in [3.63, 3.8) is 0 Å². The van der Waals surface area contributed by atoms with Crippen LogP contribution in [0.5, 0.6) is 0 Å². The standard InChI is InChI=1S/C20H22N4O4/c1-11(2)23(10-15-7-4-12(3)28-15)19(26)13-8-16-17(21-9-13)24(14-5-6-14)20(27)22-18(16)25/h4,7-9,11,14H,5-6,10H2,1-3H3,(H,22,25,27). The molecule has 0 spiro atoms. The van der Waals surface area contributed by atoms with E-state index >= 15 is 0 Å². The van der Waals surface area contributed by atoms with Gasteiger partial charge >= 0.3 is 5.69 Å². The van der Waals surface area contributed by atoms with Crippen LogP contribution < -0.4 is 11.2 Å². The van der Waals surface area contributed by atoms with E-state index in [-0.39, 0.29) is 23.4 Å². The molecule has 8 nitrogen and oxygen atoms in total. The Morgan fingerprint density at radius 2 is 2.11 bits per heavy atom. The van der Waals surface area contributed by atoms with Gasteiger partial charge in [-0.05, 0) is 51.8 Å². The number of rotatable bonds is 5. The zero-order valence-corrected chi connectivity index (χ0v) is 16.1. The average Bonchev–Trinajstić information content (AvgIpc) is 3.39. The summed E-state index contributed by atoms with van der Waals surface area (Å²) >= 11 is 0. The average molecular weight is 382 g/mol. The molecule has 0 radical (unpaired) electrons. The van der Waals surface area contributed by atoms with Gasteiger partial charge in [0.2, 0.25) is 0 Å². The molecule has 0 bridgehead atoms. The van der Waals surface area contributed by atoms with Crippen LogP contribution in [-0.4, -0.2) is 31.4 Å². The van der Waals surface area contributed by atoms with Gasteiger partial charge in [-0.25, -0.2) is 9.78 Å². The number of hydrogen-bond acceptors (Lipinski definition) is 5. The van der Waals surface area contributed by atoms with Crippen molar-refractivity contribution in [2.75, 3.05) is 0 Å². The van der Waals surface area contributed by atoms with Crippen LogP contribution in [0.4, 0.5) is 0 Å². The van der Waals surface area contributed by atoms with E-state index in [1.54, 1.807) is 4.90 Å². The van der Waals surface area contributed by atoms with Crippen molar-refractivity contribution in [3.8, 4) is 0 Å². The highest BCUT2D eigenvalue weighted by Crippen LogP contribution is 2.34. The van der Waals surface area contributed by atoms with Gasteiger partial charge in [-0.15, -0.1) is 0 Å². The van der Waals surface area contributed by atoms with Crippen molar-refractivity contribution in [3.05, 3.63) is 62.3 Å². The highest BCUT2D eigenvalue weighted by molar-refractivity contribution is 5.96. The van der Waals surface area contributed by atoms with E-state index in [2.05, 4.69) is 9.97 Å². The van der Waals surface area contributed by atoms with Crippen molar-refractivity contribution in [1.82, 2.24) is 19.4 Å². The predicted octanol–water partition coefficient (Wildman–Crippen LogP) is 2.37. The molecule has 3 heterocycles. The maximum atomic E-state index is 13.1. The number of fused-ring (bicyclic) bond motifs is 1. The number of pyridine rings is 1. The molecular weight excluding hydrogens is 360 g/mol. The number of carbonyl (C=O) groups excluding carboxylic acids is 1. The fraction of sp³-hybridized carbons (Fsp3) is 0.400.